The van der Waals surface area contributed by atoms with Crippen molar-refractivity contribution in [3.63, 3.8) is 0 Å². The molecule has 0 aliphatic rings. The molecule has 0 heterocycles. The van der Waals surface area contributed by atoms with Crippen molar-refractivity contribution in [1.82, 2.24) is 0 Å². The molecule has 0 spiro atoms. The molecule has 0 radical (unpaired) electrons. The van der Waals surface area contributed by atoms with Gasteiger partial charge in [0.1, 0.15) is 5.75 Å². The summed E-state index contributed by atoms with van der Waals surface area (Å²) >= 11 is 0. The fourth-order valence-corrected chi connectivity index (χ4v) is 2.74. The Morgan fingerprint density at radius 2 is 1.55 bits per heavy atom. The molecule has 0 aliphatic heterocycles. The third kappa shape index (κ3) is 3.97. The summed E-state index contributed by atoms with van der Waals surface area (Å²) in [5.41, 5.74) is 2.13. The van der Waals surface area contributed by atoms with Gasteiger partial charge in [0.2, 0.25) is 0 Å². The zero-order valence-electron chi connectivity index (χ0n) is 11.3. The zero-order valence-corrected chi connectivity index (χ0v) is 12.2. The first-order valence-electron chi connectivity index (χ1n) is 6.37. The maximum absolute atomic E-state index is 12.1. The Bertz CT molecular complexity index is 718. The van der Waals surface area contributed by atoms with E-state index in [9.17, 15) is 8.42 Å². The molecule has 3 heteroatoms. The highest BCUT2D eigenvalue weighted by atomic mass is 32.2. The maximum Gasteiger partial charge on any atom is 0.189 e. The molecule has 0 amide bonds. The molecule has 0 N–H and O–H groups in total. The van der Waals surface area contributed by atoms with Crippen LogP contribution in [0.5, 0.6) is 0 Å². The maximum atomic E-state index is 12.1. The molecule has 2 nitrogen and oxygen atoms in total. The molecule has 0 aromatic heterocycles. The van der Waals surface area contributed by atoms with Crippen molar-refractivity contribution in [3.8, 4) is 11.8 Å². The van der Waals surface area contributed by atoms with E-state index in [1.807, 2.05) is 37.3 Å². The van der Waals surface area contributed by atoms with Crippen LogP contribution >= 0.6 is 0 Å². The molecular formula is C17H16O2S. The Morgan fingerprint density at radius 1 is 0.900 bits per heavy atom. The van der Waals surface area contributed by atoms with Crippen LogP contribution in [0.15, 0.2) is 59.5 Å². The van der Waals surface area contributed by atoms with Crippen molar-refractivity contribution in [1.29, 1.82) is 0 Å². The molecule has 2 aromatic rings. The average Bonchev–Trinajstić information content (AvgIpc) is 2.45. The Morgan fingerprint density at radius 3 is 2.20 bits per heavy atom. The number of benzene rings is 2. The van der Waals surface area contributed by atoms with E-state index in [4.69, 9.17) is 0 Å². The lowest BCUT2D eigenvalue weighted by Gasteiger charge is -2.00. The van der Waals surface area contributed by atoms with E-state index < -0.39 is 9.84 Å². The first-order valence-corrected chi connectivity index (χ1v) is 8.02. The summed E-state index contributed by atoms with van der Waals surface area (Å²) in [5, 5.41) is 0. The molecule has 2 rings (SSSR count). The van der Waals surface area contributed by atoms with Gasteiger partial charge in [0, 0.05) is 6.42 Å². The van der Waals surface area contributed by atoms with Crippen LogP contribution in [0.3, 0.4) is 0 Å². The second kappa shape index (κ2) is 6.40. The van der Waals surface area contributed by atoms with E-state index in [1.54, 1.807) is 24.3 Å². The number of aryl methyl sites for hydroxylation is 1. The van der Waals surface area contributed by atoms with Crippen molar-refractivity contribution >= 4 is 9.84 Å². The van der Waals surface area contributed by atoms with E-state index in [1.165, 1.54) is 0 Å². The van der Waals surface area contributed by atoms with Gasteiger partial charge in [-0.05, 0) is 24.6 Å². The third-order valence-corrected chi connectivity index (χ3v) is 4.42. The lowest BCUT2D eigenvalue weighted by molar-refractivity contribution is 0.599. The summed E-state index contributed by atoms with van der Waals surface area (Å²) in [6, 6.07) is 16.6. The summed E-state index contributed by atoms with van der Waals surface area (Å²) in [6.45, 7) is 1.93. The first-order chi connectivity index (χ1) is 9.58. The molecule has 0 unspecified atom stereocenters. The first kappa shape index (κ1) is 14.4. The predicted molar refractivity (Wildman–Crippen MR) is 81.2 cm³/mol. The van der Waals surface area contributed by atoms with E-state index in [-0.39, 0.29) is 5.75 Å². The lowest BCUT2D eigenvalue weighted by atomic mass is 10.2. The van der Waals surface area contributed by atoms with E-state index in [0.29, 0.717) is 11.3 Å². The van der Waals surface area contributed by atoms with Crippen LogP contribution in [0, 0.1) is 18.8 Å². The SMILES string of the molecule is Cc1ccc(S(=O)(=O)CC#CCc2ccccc2)cc1. The second-order valence-electron chi connectivity index (χ2n) is 4.59. The second-order valence-corrected chi connectivity index (χ2v) is 6.58. The van der Waals surface area contributed by atoms with E-state index in [2.05, 4.69) is 11.8 Å². The molecule has 0 saturated heterocycles. The van der Waals surface area contributed by atoms with Crippen LogP contribution in [0.25, 0.3) is 0 Å². The van der Waals surface area contributed by atoms with Crippen molar-refractivity contribution in [2.75, 3.05) is 5.75 Å². The van der Waals surface area contributed by atoms with Gasteiger partial charge in [0.05, 0.1) is 4.90 Å². The number of rotatable bonds is 3. The third-order valence-electron chi connectivity index (χ3n) is 2.90. The quantitative estimate of drug-likeness (QED) is 0.812. The van der Waals surface area contributed by atoms with Crippen LogP contribution < -0.4 is 0 Å². The molecule has 0 atom stereocenters. The number of hydrogen-bond acceptors (Lipinski definition) is 2. The zero-order chi connectivity index (χ0) is 14.4. The van der Waals surface area contributed by atoms with Gasteiger partial charge in [-0.3, -0.25) is 0 Å². The topological polar surface area (TPSA) is 34.1 Å². The van der Waals surface area contributed by atoms with Gasteiger partial charge < -0.3 is 0 Å². The molecule has 20 heavy (non-hydrogen) atoms. The van der Waals surface area contributed by atoms with Gasteiger partial charge in [-0.2, -0.15) is 0 Å². The molecule has 2 aromatic carbocycles. The fourth-order valence-electron chi connectivity index (χ4n) is 1.74. The van der Waals surface area contributed by atoms with Gasteiger partial charge in [-0.15, -0.1) is 0 Å². The summed E-state index contributed by atoms with van der Waals surface area (Å²) in [7, 11) is -3.31. The number of sulfone groups is 1. The van der Waals surface area contributed by atoms with Crippen molar-refractivity contribution in [2.24, 2.45) is 0 Å². The van der Waals surface area contributed by atoms with Gasteiger partial charge >= 0.3 is 0 Å². The van der Waals surface area contributed by atoms with Gasteiger partial charge in [-0.25, -0.2) is 8.42 Å². The monoisotopic (exact) mass is 284 g/mol. The van der Waals surface area contributed by atoms with Crippen LogP contribution in [0.1, 0.15) is 11.1 Å². The normalized spacial score (nSPS) is 10.7. The molecule has 0 aliphatic carbocycles. The van der Waals surface area contributed by atoms with E-state index in [0.717, 1.165) is 11.1 Å². The largest absolute Gasteiger partial charge is 0.223 e. The molecule has 0 fully saturated rings. The Balaban J connectivity index is 2.02. The highest BCUT2D eigenvalue weighted by molar-refractivity contribution is 7.91. The van der Waals surface area contributed by atoms with Crippen LogP contribution in [-0.4, -0.2) is 14.2 Å². The van der Waals surface area contributed by atoms with E-state index >= 15 is 0 Å². The minimum Gasteiger partial charge on any atom is -0.223 e. The van der Waals surface area contributed by atoms with Gasteiger partial charge in [0.15, 0.2) is 9.84 Å². The summed E-state index contributed by atoms with van der Waals surface area (Å²) in [5.74, 6) is 5.52. The lowest BCUT2D eigenvalue weighted by Crippen LogP contribution is -2.05. The standard InChI is InChI=1S/C17H16O2S/c1-15-10-12-17(13-11-15)20(18,19)14-6-5-9-16-7-3-2-4-8-16/h2-4,7-8,10-13H,9,14H2,1H3. The molecule has 0 bridgehead atoms. The summed E-state index contributed by atoms with van der Waals surface area (Å²) in [4.78, 5) is 0.331. The summed E-state index contributed by atoms with van der Waals surface area (Å²) < 4.78 is 24.1. The fraction of sp³-hybridized carbons (Fsp3) is 0.176. The van der Waals surface area contributed by atoms with Gasteiger partial charge in [0.25, 0.3) is 0 Å². The predicted octanol–water partition coefficient (Wildman–Crippen LogP) is 3.01. The van der Waals surface area contributed by atoms with Crippen molar-refractivity contribution in [3.05, 3.63) is 65.7 Å². The highest BCUT2D eigenvalue weighted by Gasteiger charge is 2.11. The molecule has 102 valence electrons. The Labute approximate surface area is 120 Å². The van der Waals surface area contributed by atoms with Crippen LogP contribution in [0.2, 0.25) is 0 Å². The van der Waals surface area contributed by atoms with Crippen LogP contribution in [0.4, 0.5) is 0 Å². The van der Waals surface area contributed by atoms with Crippen molar-refractivity contribution in [2.45, 2.75) is 18.2 Å². The molecular weight excluding hydrogens is 268 g/mol. The molecule has 0 saturated carbocycles. The van der Waals surface area contributed by atoms with Gasteiger partial charge in [-0.1, -0.05) is 59.9 Å². The Hall–Kier alpha value is -2.05. The average molecular weight is 284 g/mol. The number of hydrogen-bond donors (Lipinski definition) is 0. The summed E-state index contributed by atoms with van der Waals surface area (Å²) in [6.07, 6.45) is 0.574. The minimum atomic E-state index is -3.31. The highest BCUT2D eigenvalue weighted by Crippen LogP contribution is 2.11. The smallest absolute Gasteiger partial charge is 0.189 e. The Kier molecular flexibility index (Phi) is 4.60. The van der Waals surface area contributed by atoms with Crippen molar-refractivity contribution < 1.29 is 8.42 Å². The minimum absolute atomic E-state index is 0.136. The van der Waals surface area contributed by atoms with Crippen LogP contribution in [-0.2, 0) is 16.3 Å².